The molecule has 122 valence electrons. The number of ether oxygens (including phenoxy) is 3. The summed E-state index contributed by atoms with van der Waals surface area (Å²) in [4.78, 5) is 10.8. The van der Waals surface area contributed by atoms with Crippen molar-refractivity contribution in [1.82, 2.24) is 0 Å². The van der Waals surface area contributed by atoms with Gasteiger partial charge < -0.3 is 14.2 Å². The van der Waals surface area contributed by atoms with Gasteiger partial charge in [0.25, 0.3) is 6.47 Å². The molecule has 0 bridgehead atoms. The van der Waals surface area contributed by atoms with Crippen molar-refractivity contribution in [1.29, 1.82) is 0 Å². The maximum atomic E-state index is 10.8. The summed E-state index contributed by atoms with van der Waals surface area (Å²) in [6, 6.07) is 19.9. The van der Waals surface area contributed by atoms with E-state index in [2.05, 4.69) is 18.2 Å². The van der Waals surface area contributed by atoms with Gasteiger partial charge in [0.1, 0.15) is 0 Å². The minimum Gasteiger partial charge on any atom is -0.463 e. The van der Waals surface area contributed by atoms with Crippen molar-refractivity contribution < 1.29 is 19.0 Å². The molecular formula is C20H18O4. The highest BCUT2D eigenvalue weighted by Crippen LogP contribution is 2.38. The van der Waals surface area contributed by atoms with Crippen LogP contribution in [0.25, 0.3) is 10.8 Å². The number of benzene rings is 3. The smallest absolute Gasteiger partial charge is 0.298 e. The summed E-state index contributed by atoms with van der Waals surface area (Å²) >= 11 is 0. The quantitative estimate of drug-likeness (QED) is 0.488. The lowest BCUT2D eigenvalue weighted by molar-refractivity contribution is -0.120. The topological polar surface area (TPSA) is 44.8 Å². The molecule has 0 aliphatic heterocycles. The van der Waals surface area contributed by atoms with E-state index in [4.69, 9.17) is 14.2 Å². The SMILES string of the molecule is COCOc1c(OC=O)ccc2cccc(Cc3ccccc3)c12. The molecule has 0 aromatic heterocycles. The van der Waals surface area contributed by atoms with Crippen LogP contribution in [0.4, 0.5) is 0 Å². The van der Waals surface area contributed by atoms with E-state index in [1.54, 1.807) is 13.2 Å². The molecule has 0 spiro atoms. The number of rotatable bonds is 7. The third-order valence-electron chi connectivity index (χ3n) is 3.78. The number of carbonyl (C=O) groups excluding carboxylic acids is 1. The maximum Gasteiger partial charge on any atom is 0.298 e. The van der Waals surface area contributed by atoms with Crippen LogP contribution in [0.5, 0.6) is 11.5 Å². The Morgan fingerprint density at radius 1 is 0.958 bits per heavy atom. The van der Waals surface area contributed by atoms with Gasteiger partial charge in [0.05, 0.1) is 0 Å². The zero-order valence-electron chi connectivity index (χ0n) is 13.4. The van der Waals surface area contributed by atoms with Crippen molar-refractivity contribution in [2.24, 2.45) is 0 Å². The molecule has 3 aromatic carbocycles. The van der Waals surface area contributed by atoms with Gasteiger partial charge in [-0.25, -0.2) is 0 Å². The molecule has 0 aliphatic carbocycles. The predicted molar refractivity (Wildman–Crippen MR) is 92.4 cm³/mol. The molecule has 4 heteroatoms. The zero-order chi connectivity index (χ0) is 16.8. The van der Waals surface area contributed by atoms with Gasteiger partial charge in [-0.1, -0.05) is 54.6 Å². The number of fused-ring (bicyclic) bond motifs is 1. The molecule has 0 saturated carbocycles. The monoisotopic (exact) mass is 322 g/mol. The van der Waals surface area contributed by atoms with E-state index in [9.17, 15) is 4.79 Å². The van der Waals surface area contributed by atoms with Crippen LogP contribution in [0.2, 0.25) is 0 Å². The lowest BCUT2D eigenvalue weighted by atomic mass is 9.97. The molecule has 0 unspecified atom stereocenters. The van der Waals surface area contributed by atoms with Gasteiger partial charge >= 0.3 is 0 Å². The Kier molecular flexibility index (Phi) is 5.08. The van der Waals surface area contributed by atoms with Crippen molar-refractivity contribution >= 4 is 17.2 Å². The summed E-state index contributed by atoms with van der Waals surface area (Å²) in [5.41, 5.74) is 2.30. The molecule has 4 nitrogen and oxygen atoms in total. The number of methoxy groups -OCH3 is 1. The molecule has 0 atom stereocenters. The van der Waals surface area contributed by atoms with Crippen LogP contribution in [-0.2, 0) is 16.0 Å². The van der Waals surface area contributed by atoms with Gasteiger partial charge in [-0.15, -0.1) is 0 Å². The third-order valence-corrected chi connectivity index (χ3v) is 3.78. The highest BCUT2D eigenvalue weighted by atomic mass is 16.7. The Morgan fingerprint density at radius 3 is 2.54 bits per heavy atom. The average Bonchev–Trinajstić information content (AvgIpc) is 2.62. The van der Waals surface area contributed by atoms with Crippen molar-refractivity contribution in [2.75, 3.05) is 13.9 Å². The van der Waals surface area contributed by atoms with Gasteiger partial charge in [-0.2, -0.15) is 0 Å². The summed E-state index contributed by atoms with van der Waals surface area (Å²) in [5.74, 6) is 0.906. The Labute approximate surface area is 140 Å². The molecule has 3 rings (SSSR count). The van der Waals surface area contributed by atoms with Crippen molar-refractivity contribution in [3.05, 3.63) is 71.8 Å². The Morgan fingerprint density at radius 2 is 1.79 bits per heavy atom. The summed E-state index contributed by atoms with van der Waals surface area (Å²) in [6.45, 7) is 0.481. The van der Waals surface area contributed by atoms with Crippen LogP contribution in [-0.4, -0.2) is 20.4 Å². The van der Waals surface area contributed by atoms with Crippen molar-refractivity contribution in [3.8, 4) is 11.5 Å². The normalized spacial score (nSPS) is 10.5. The van der Waals surface area contributed by atoms with Gasteiger partial charge in [0.15, 0.2) is 18.3 Å². The largest absolute Gasteiger partial charge is 0.463 e. The van der Waals surface area contributed by atoms with Crippen LogP contribution >= 0.6 is 0 Å². The van der Waals surface area contributed by atoms with E-state index in [1.807, 2.05) is 36.4 Å². The highest BCUT2D eigenvalue weighted by molar-refractivity contribution is 5.94. The average molecular weight is 322 g/mol. The molecule has 0 heterocycles. The number of hydrogen-bond donors (Lipinski definition) is 0. The molecule has 0 amide bonds. The lowest BCUT2D eigenvalue weighted by Gasteiger charge is -2.15. The second-order valence-corrected chi connectivity index (χ2v) is 5.34. The van der Waals surface area contributed by atoms with Gasteiger partial charge in [-0.3, -0.25) is 4.79 Å². The lowest BCUT2D eigenvalue weighted by Crippen LogP contribution is -2.03. The van der Waals surface area contributed by atoms with Gasteiger partial charge in [0.2, 0.25) is 0 Å². The highest BCUT2D eigenvalue weighted by Gasteiger charge is 2.14. The molecule has 0 aliphatic rings. The molecule has 0 fully saturated rings. The first kappa shape index (κ1) is 16.0. The zero-order valence-corrected chi connectivity index (χ0v) is 13.4. The second-order valence-electron chi connectivity index (χ2n) is 5.34. The Balaban J connectivity index is 2.14. The minimum absolute atomic E-state index is 0.0774. The van der Waals surface area contributed by atoms with Crippen LogP contribution in [0.3, 0.4) is 0 Å². The number of hydrogen-bond acceptors (Lipinski definition) is 4. The molecule has 0 saturated heterocycles. The van der Waals surface area contributed by atoms with E-state index < -0.39 is 0 Å². The standard InChI is InChI=1S/C20H18O4/c1-22-14-24-20-18(23-13-21)11-10-16-8-5-9-17(19(16)20)12-15-6-3-2-4-7-15/h2-11,13H,12,14H2,1H3. The van der Waals surface area contributed by atoms with Crippen LogP contribution in [0, 0.1) is 0 Å². The fourth-order valence-electron chi connectivity index (χ4n) is 2.77. The summed E-state index contributed by atoms with van der Waals surface area (Å²) < 4.78 is 15.8. The maximum absolute atomic E-state index is 10.8. The van der Waals surface area contributed by atoms with E-state index >= 15 is 0 Å². The molecule has 0 radical (unpaired) electrons. The van der Waals surface area contributed by atoms with E-state index in [-0.39, 0.29) is 6.79 Å². The van der Waals surface area contributed by atoms with E-state index in [0.717, 1.165) is 22.8 Å². The first-order valence-corrected chi connectivity index (χ1v) is 7.64. The third kappa shape index (κ3) is 3.39. The Bertz CT molecular complexity index is 828. The summed E-state index contributed by atoms with van der Waals surface area (Å²) in [6.07, 6.45) is 0.756. The fourth-order valence-corrected chi connectivity index (χ4v) is 2.77. The minimum atomic E-state index is 0.0774. The molecular weight excluding hydrogens is 304 g/mol. The number of carbonyl (C=O) groups is 1. The van der Waals surface area contributed by atoms with Crippen molar-refractivity contribution in [2.45, 2.75) is 6.42 Å². The molecule has 24 heavy (non-hydrogen) atoms. The first-order chi connectivity index (χ1) is 11.8. The summed E-state index contributed by atoms with van der Waals surface area (Å²) in [5, 5.41) is 1.95. The fraction of sp³-hybridized carbons (Fsp3) is 0.150. The van der Waals surface area contributed by atoms with Crippen LogP contribution < -0.4 is 9.47 Å². The van der Waals surface area contributed by atoms with Gasteiger partial charge in [-0.05, 0) is 29.0 Å². The second kappa shape index (κ2) is 7.62. The predicted octanol–water partition coefficient (Wildman–Crippen LogP) is 3.95. The van der Waals surface area contributed by atoms with Crippen molar-refractivity contribution in [3.63, 3.8) is 0 Å². The molecule has 3 aromatic rings. The Hall–Kier alpha value is -2.85. The van der Waals surface area contributed by atoms with Crippen LogP contribution in [0.1, 0.15) is 11.1 Å². The van der Waals surface area contributed by atoms with Crippen LogP contribution in [0.15, 0.2) is 60.7 Å². The molecule has 0 N–H and O–H groups in total. The van der Waals surface area contributed by atoms with E-state index in [1.165, 1.54) is 5.56 Å². The summed E-state index contributed by atoms with van der Waals surface area (Å²) in [7, 11) is 1.55. The van der Waals surface area contributed by atoms with Gasteiger partial charge in [0, 0.05) is 12.5 Å². The first-order valence-electron chi connectivity index (χ1n) is 7.64. The van der Waals surface area contributed by atoms with E-state index in [0.29, 0.717) is 18.0 Å².